The number of furan rings is 1. The quantitative estimate of drug-likeness (QED) is 0.882. The van der Waals surface area contributed by atoms with Crippen LogP contribution in [0.5, 0.6) is 0 Å². The van der Waals surface area contributed by atoms with Crippen LogP contribution in [0.2, 0.25) is 0 Å². The van der Waals surface area contributed by atoms with Crippen LogP contribution < -0.4 is 9.62 Å². The number of aryl methyl sites for hydroxylation is 4. The first-order valence-electron chi connectivity index (χ1n) is 8.10. The highest BCUT2D eigenvalue weighted by molar-refractivity contribution is 7.89. The molecule has 136 valence electrons. The summed E-state index contributed by atoms with van der Waals surface area (Å²) in [4.78, 5) is 14.5. The van der Waals surface area contributed by atoms with Crippen molar-refractivity contribution < 1.29 is 17.6 Å². The second-order valence-electron chi connectivity index (χ2n) is 6.35. The predicted molar refractivity (Wildman–Crippen MR) is 91.8 cm³/mol. The van der Waals surface area contributed by atoms with Crippen LogP contribution in [0.4, 0.5) is 5.82 Å². The standard InChI is InChI=1S/C16H22N4O4S/c1-10-8-15(19(4)17-10)20-7-5-6-13(16(20)21)18-25(22,23)14-9-11(2)24-12(14)3/h8-9,13,18H,5-7H2,1-4H3. The van der Waals surface area contributed by atoms with Crippen LogP contribution in [0.1, 0.15) is 30.1 Å². The fourth-order valence-electron chi connectivity index (χ4n) is 3.19. The molecule has 25 heavy (non-hydrogen) atoms. The molecule has 3 rings (SSSR count). The van der Waals surface area contributed by atoms with Crippen LogP contribution in [-0.2, 0) is 21.9 Å². The molecule has 1 atom stereocenters. The molecular weight excluding hydrogens is 344 g/mol. The van der Waals surface area contributed by atoms with Crippen molar-refractivity contribution >= 4 is 21.7 Å². The summed E-state index contributed by atoms with van der Waals surface area (Å²) < 4.78 is 34.7. The third kappa shape index (κ3) is 3.34. The number of rotatable bonds is 4. The van der Waals surface area contributed by atoms with E-state index in [9.17, 15) is 13.2 Å². The van der Waals surface area contributed by atoms with E-state index in [0.717, 1.165) is 5.69 Å². The molecule has 2 aromatic heterocycles. The van der Waals surface area contributed by atoms with Crippen molar-refractivity contribution in [3.8, 4) is 0 Å². The fraction of sp³-hybridized carbons (Fsp3) is 0.500. The molecule has 2 aromatic rings. The highest BCUT2D eigenvalue weighted by atomic mass is 32.2. The van der Waals surface area contributed by atoms with Crippen molar-refractivity contribution in [3.05, 3.63) is 29.3 Å². The van der Waals surface area contributed by atoms with Gasteiger partial charge in [-0.25, -0.2) is 8.42 Å². The molecule has 0 saturated carbocycles. The van der Waals surface area contributed by atoms with Crippen molar-refractivity contribution in [3.63, 3.8) is 0 Å². The first kappa shape index (κ1) is 17.7. The van der Waals surface area contributed by atoms with Gasteiger partial charge in [0.25, 0.3) is 0 Å². The van der Waals surface area contributed by atoms with E-state index < -0.39 is 16.1 Å². The van der Waals surface area contributed by atoms with Gasteiger partial charge >= 0.3 is 0 Å². The SMILES string of the molecule is Cc1cc(N2CCCC(NS(=O)(=O)c3cc(C)oc3C)C2=O)n(C)n1. The lowest BCUT2D eigenvalue weighted by Gasteiger charge is -2.32. The molecule has 1 unspecified atom stereocenters. The van der Waals surface area contributed by atoms with Crippen molar-refractivity contribution in [1.82, 2.24) is 14.5 Å². The van der Waals surface area contributed by atoms with Crippen LogP contribution in [0.15, 0.2) is 21.4 Å². The van der Waals surface area contributed by atoms with Gasteiger partial charge in [-0.3, -0.25) is 14.4 Å². The number of hydrogen-bond acceptors (Lipinski definition) is 5. The Hall–Kier alpha value is -2.13. The monoisotopic (exact) mass is 366 g/mol. The summed E-state index contributed by atoms with van der Waals surface area (Å²) in [5, 5.41) is 4.25. The normalized spacial score (nSPS) is 18.8. The summed E-state index contributed by atoms with van der Waals surface area (Å²) in [6.07, 6.45) is 1.16. The molecule has 9 heteroatoms. The fourth-order valence-corrected chi connectivity index (χ4v) is 4.65. The zero-order valence-electron chi connectivity index (χ0n) is 14.7. The second kappa shape index (κ2) is 6.30. The number of anilines is 1. The lowest BCUT2D eigenvalue weighted by molar-refractivity contribution is -0.121. The van der Waals surface area contributed by atoms with E-state index in [1.807, 2.05) is 13.0 Å². The van der Waals surface area contributed by atoms with E-state index >= 15 is 0 Å². The van der Waals surface area contributed by atoms with E-state index in [0.29, 0.717) is 36.7 Å². The lowest BCUT2D eigenvalue weighted by atomic mass is 10.1. The largest absolute Gasteiger partial charge is 0.465 e. The molecule has 1 aliphatic rings. The van der Waals surface area contributed by atoms with Gasteiger partial charge < -0.3 is 4.42 Å². The van der Waals surface area contributed by atoms with Crippen LogP contribution in [-0.4, -0.2) is 36.7 Å². The summed E-state index contributed by atoms with van der Waals surface area (Å²) in [5.41, 5.74) is 0.803. The minimum atomic E-state index is -3.83. The van der Waals surface area contributed by atoms with E-state index in [1.54, 1.807) is 30.5 Å². The number of nitrogens with one attached hydrogen (secondary N) is 1. The van der Waals surface area contributed by atoms with Crippen LogP contribution >= 0.6 is 0 Å². The molecule has 0 spiro atoms. The number of aromatic nitrogens is 2. The van der Waals surface area contributed by atoms with E-state index in [4.69, 9.17) is 4.42 Å². The molecule has 0 radical (unpaired) electrons. The number of nitrogens with zero attached hydrogens (tertiary/aromatic N) is 3. The van der Waals surface area contributed by atoms with Crippen molar-refractivity contribution in [2.75, 3.05) is 11.4 Å². The smallest absolute Gasteiger partial charge is 0.246 e. The molecule has 0 aliphatic carbocycles. The lowest BCUT2D eigenvalue weighted by Crippen LogP contribution is -2.52. The Bertz CT molecular complexity index is 913. The van der Waals surface area contributed by atoms with Crippen LogP contribution in [0.3, 0.4) is 0 Å². The highest BCUT2D eigenvalue weighted by Gasteiger charge is 2.35. The molecule has 0 aromatic carbocycles. The van der Waals surface area contributed by atoms with Gasteiger partial charge in [-0.2, -0.15) is 9.82 Å². The molecular formula is C16H22N4O4S. The van der Waals surface area contributed by atoms with Crippen molar-refractivity contribution in [2.24, 2.45) is 7.05 Å². The molecule has 0 bridgehead atoms. The molecule has 8 nitrogen and oxygen atoms in total. The van der Waals surface area contributed by atoms with Crippen molar-refractivity contribution in [1.29, 1.82) is 0 Å². The van der Waals surface area contributed by atoms with Gasteiger partial charge in [-0.15, -0.1) is 0 Å². The van der Waals surface area contributed by atoms with Gasteiger partial charge in [0.15, 0.2) is 0 Å². The highest BCUT2D eigenvalue weighted by Crippen LogP contribution is 2.24. The average Bonchev–Trinajstić information content (AvgIpc) is 3.03. The van der Waals surface area contributed by atoms with Gasteiger partial charge in [0, 0.05) is 19.7 Å². The van der Waals surface area contributed by atoms with Gasteiger partial charge in [0.05, 0.1) is 5.69 Å². The Labute approximate surface area is 146 Å². The Kier molecular flexibility index (Phi) is 4.46. The second-order valence-corrected chi connectivity index (χ2v) is 8.03. The Morgan fingerprint density at radius 2 is 2.00 bits per heavy atom. The summed E-state index contributed by atoms with van der Waals surface area (Å²) in [6, 6.07) is 2.48. The summed E-state index contributed by atoms with van der Waals surface area (Å²) in [6.45, 7) is 5.67. The topological polar surface area (TPSA) is 97.4 Å². The summed E-state index contributed by atoms with van der Waals surface area (Å²) >= 11 is 0. The number of hydrogen-bond donors (Lipinski definition) is 1. The van der Waals surface area contributed by atoms with E-state index in [-0.39, 0.29) is 10.8 Å². The zero-order chi connectivity index (χ0) is 18.4. The maximum absolute atomic E-state index is 12.8. The third-order valence-corrected chi connectivity index (χ3v) is 5.85. The Morgan fingerprint density at radius 1 is 1.28 bits per heavy atom. The average molecular weight is 366 g/mol. The first-order valence-corrected chi connectivity index (χ1v) is 9.59. The van der Waals surface area contributed by atoms with Gasteiger partial charge in [-0.1, -0.05) is 0 Å². The van der Waals surface area contributed by atoms with Crippen molar-refractivity contribution in [2.45, 2.75) is 44.6 Å². The number of sulfonamides is 1. The number of piperidine rings is 1. The number of carbonyl (C=O) groups excluding carboxylic acids is 1. The maximum Gasteiger partial charge on any atom is 0.246 e. The van der Waals surface area contributed by atoms with Gasteiger partial charge in [0.1, 0.15) is 28.3 Å². The van der Waals surface area contributed by atoms with Crippen LogP contribution in [0, 0.1) is 20.8 Å². The van der Waals surface area contributed by atoms with E-state index in [1.165, 1.54) is 6.07 Å². The zero-order valence-corrected chi connectivity index (χ0v) is 15.6. The molecule has 3 heterocycles. The molecule has 1 saturated heterocycles. The number of carbonyl (C=O) groups is 1. The van der Waals surface area contributed by atoms with Crippen LogP contribution in [0.25, 0.3) is 0 Å². The minimum Gasteiger partial charge on any atom is -0.465 e. The Balaban J connectivity index is 1.84. The maximum atomic E-state index is 12.8. The summed E-state index contributed by atoms with van der Waals surface area (Å²) in [5.74, 6) is 1.23. The first-order chi connectivity index (χ1) is 11.7. The minimum absolute atomic E-state index is 0.0753. The predicted octanol–water partition coefficient (Wildman–Crippen LogP) is 1.41. The third-order valence-electron chi connectivity index (χ3n) is 4.27. The van der Waals surface area contributed by atoms with Gasteiger partial charge in [-0.05, 0) is 39.7 Å². The molecule has 1 aliphatic heterocycles. The van der Waals surface area contributed by atoms with E-state index in [2.05, 4.69) is 9.82 Å². The molecule has 1 fully saturated rings. The summed E-state index contributed by atoms with van der Waals surface area (Å²) in [7, 11) is -2.06. The Morgan fingerprint density at radius 3 is 2.56 bits per heavy atom. The number of amides is 1. The molecule has 1 amide bonds. The van der Waals surface area contributed by atoms with Gasteiger partial charge in [0.2, 0.25) is 15.9 Å². The molecule has 1 N–H and O–H groups in total.